The molecule has 4 heterocycles. The second-order valence-corrected chi connectivity index (χ2v) is 16.3. The Labute approximate surface area is 203 Å². The van der Waals surface area contributed by atoms with Gasteiger partial charge in [0.05, 0.1) is 16.8 Å². The normalized spacial score (nSPS) is 28.6. The SMILES string of the molecule is CC1(C)O[C@H]2[C@H](c3csc4c(NC(=O)O)ncnc34)O[C@](C#N)(CO[Si](C)(C)C(C)(C)C)[C@H]2O1. The highest BCUT2D eigenvalue weighted by Crippen LogP contribution is 2.52. The topological polar surface area (TPSA) is 136 Å². The Balaban J connectivity index is 1.73. The molecule has 0 aliphatic carbocycles. The van der Waals surface area contributed by atoms with Crippen molar-refractivity contribution < 1.29 is 28.5 Å². The van der Waals surface area contributed by atoms with Crippen molar-refractivity contribution in [2.24, 2.45) is 0 Å². The number of nitrogens with zero attached hydrogens (tertiary/aromatic N) is 3. The summed E-state index contributed by atoms with van der Waals surface area (Å²) in [5, 5.41) is 23.6. The molecule has 2 aliphatic heterocycles. The van der Waals surface area contributed by atoms with E-state index >= 15 is 0 Å². The van der Waals surface area contributed by atoms with E-state index in [2.05, 4.69) is 55.2 Å². The van der Waals surface area contributed by atoms with Crippen molar-refractivity contribution >= 4 is 41.8 Å². The van der Waals surface area contributed by atoms with Crippen molar-refractivity contribution in [3.8, 4) is 6.07 Å². The predicted molar refractivity (Wildman–Crippen MR) is 128 cm³/mol. The van der Waals surface area contributed by atoms with Gasteiger partial charge in [-0.05, 0) is 37.4 Å². The largest absolute Gasteiger partial charge is 0.465 e. The van der Waals surface area contributed by atoms with Gasteiger partial charge in [-0.25, -0.2) is 14.8 Å². The second-order valence-electron chi connectivity index (χ2n) is 10.6. The summed E-state index contributed by atoms with van der Waals surface area (Å²) < 4.78 is 25.8. The van der Waals surface area contributed by atoms with Crippen molar-refractivity contribution in [2.75, 3.05) is 11.9 Å². The molecule has 184 valence electrons. The molecule has 2 aromatic rings. The van der Waals surface area contributed by atoms with Crippen molar-refractivity contribution in [1.29, 1.82) is 5.26 Å². The maximum atomic E-state index is 11.2. The van der Waals surface area contributed by atoms with Crippen LogP contribution in [0.5, 0.6) is 0 Å². The van der Waals surface area contributed by atoms with Crippen molar-refractivity contribution in [1.82, 2.24) is 9.97 Å². The summed E-state index contributed by atoms with van der Waals surface area (Å²) in [7, 11) is -2.18. The van der Waals surface area contributed by atoms with Crippen molar-refractivity contribution in [3.63, 3.8) is 0 Å². The maximum Gasteiger partial charge on any atom is 0.410 e. The summed E-state index contributed by atoms with van der Waals surface area (Å²) in [6.45, 7) is 14.3. The zero-order chi connectivity index (χ0) is 25.1. The lowest BCUT2D eigenvalue weighted by molar-refractivity contribution is -0.203. The molecule has 34 heavy (non-hydrogen) atoms. The molecule has 10 nitrogen and oxygen atoms in total. The Hall–Kier alpha value is -2.14. The van der Waals surface area contributed by atoms with Crippen LogP contribution in [0.15, 0.2) is 11.7 Å². The summed E-state index contributed by atoms with van der Waals surface area (Å²) in [5.41, 5.74) is -0.140. The molecular formula is C22H30N4O6SSi. The number of rotatable bonds is 5. The molecule has 2 saturated heterocycles. The summed E-state index contributed by atoms with van der Waals surface area (Å²) in [5.74, 6) is -0.715. The van der Waals surface area contributed by atoms with E-state index in [1.807, 2.05) is 19.2 Å². The fourth-order valence-corrected chi connectivity index (χ4v) is 5.97. The van der Waals surface area contributed by atoms with Gasteiger partial charge in [0.15, 0.2) is 19.9 Å². The number of anilines is 1. The van der Waals surface area contributed by atoms with Crippen LogP contribution < -0.4 is 5.32 Å². The summed E-state index contributed by atoms with van der Waals surface area (Å²) >= 11 is 1.30. The highest BCUT2D eigenvalue weighted by atomic mass is 32.1. The fraction of sp³-hybridized carbons (Fsp3) is 0.636. The van der Waals surface area contributed by atoms with Crippen LogP contribution in [-0.4, -0.2) is 59.7 Å². The van der Waals surface area contributed by atoms with Gasteiger partial charge in [0.2, 0.25) is 5.60 Å². The Bertz CT molecular complexity index is 1160. The molecule has 0 saturated carbocycles. The van der Waals surface area contributed by atoms with E-state index in [0.29, 0.717) is 15.8 Å². The van der Waals surface area contributed by atoms with E-state index in [4.69, 9.17) is 23.7 Å². The van der Waals surface area contributed by atoms with Gasteiger partial charge in [0, 0.05) is 5.56 Å². The van der Waals surface area contributed by atoms with Crippen molar-refractivity contribution in [3.05, 3.63) is 17.3 Å². The smallest absolute Gasteiger partial charge is 0.410 e. The highest BCUT2D eigenvalue weighted by molar-refractivity contribution is 7.18. The van der Waals surface area contributed by atoms with Crippen LogP contribution in [0.4, 0.5) is 10.6 Å². The number of carboxylic acid groups (broad SMARTS) is 1. The van der Waals surface area contributed by atoms with Crippen LogP contribution in [0.2, 0.25) is 18.1 Å². The number of hydrogen-bond donors (Lipinski definition) is 2. The van der Waals surface area contributed by atoms with Crippen molar-refractivity contribution in [2.45, 2.75) is 82.5 Å². The molecule has 1 amide bonds. The first kappa shape index (κ1) is 25.0. The van der Waals surface area contributed by atoms with E-state index in [9.17, 15) is 10.1 Å². The minimum atomic E-state index is -2.18. The lowest BCUT2D eigenvalue weighted by Gasteiger charge is -2.39. The number of aromatic nitrogens is 2. The van der Waals surface area contributed by atoms with Crippen LogP contribution >= 0.6 is 11.3 Å². The lowest BCUT2D eigenvalue weighted by atomic mass is 9.95. The summed E-state index contributed by atoms with van der Waals surface area (Å²) in [6, 6.07) is 2.34. The zero-order valence-corrected chi connectivity index (χ0v) is 22.1. The Morgan fingerprint density at radius 2 is 2.03 bits per heavy atom. The van der Waals surface area contributed by atoms with Crippen LogP contribution in [0.3, 0.4) is 0 Å². The number of fused-ring (bicyclic) bond motifs is 2. The molecule has 2 aliphatic rings. The number of nitriles is 1. The zero-order valence-electron chi connectivity index (χ0n) is 20.3. The van der Waals surface area contributed by atoms with Gasteiger partial charge in [-0.1, -0.05) is 20.8 Å². The van der Waals surface area contributed by atoms with Crippen LogP contribution in [0.25, 0.3) is 10.2 Å². The van der Waals surface area contributed by atoms with Gasteiger partial charge in [-0.3, -0.25) is 5.32 Å². The molecule has 4 rings (SSSR count). The average Bonchev–Trinajstić information content (AvgIpc) is 3.36. The molecule has 0 aromatic carbocycles. The third-order valence-electron chi connectivity index (χ3n) is 6.78. The highest BCUT2D eigenvalue weighted by Gasteiger charge is 2.64. The van der Waals surface area contributed by atoms with E-state index in [0.717, 1.165) is 0 Å². The third kappa shape index (κ3) is 4.21. The van der Waals surface area contributed by atoms with E-state index in [1.54, 1.807) is 0 Å². The van der Waals surface area contributed by atoms with Gasteiger partial charge in [-0.2, -0.15) is 5.26 Å². The molecule has 0 unspecified atom stereocenters. The molecule has 0 spiro atoms. The van der Waals surface area contributed by atoms with Crippen LogP contribution in [0, 0.1) is 11.3 Å². The molecule has 2 N–H and O–H groups in total. The van der Waals surface area contributed by atoms with E-state index < -0.39 is 44.1 Å². The molecule has 4 atom stereocenters. The number of nitrogens with one attached hydrogen (secondary N) is 1. The molecule has 12 heteroatoms. The number of hydrogen-bond acceptors (Lipinski definition) is 9. The fourth-order valence-electron chi connectivity index (χ4n) is 3.98. The number of ether oxygens (including phenoxy) is 3. The monoisotopic (exact) mass is 506 g/mol. The van der Waals surface area contributed by atoms with E-state index in [1.165, 1.54) is 17.7 Å². The van der Waals surface area contributed by atoms with Gasteiger partial charge in [0.25, 0.3) is 0 Å². The molecule has 2 aromatic heterocycles. The standard InChI is InChI=1S/C22H30N4O6SSi/c1-20(2,3)34(6,7)29-10-22(9-23)17-15(30-21(4,5)32-17)14(31-22)12-8-33-16-13(12)24-11-25-18(16)26-19(27)28/h8,11,14-15,17H,10H2,1-7H3,(H,27,28)(H,24,25,26)/t14-,15-,17-,22+/m0/s1. The Kier molecular flexibility index (Phi) is 6.03. The predicted octanol–water partition coefficient (Wildman–Crippen LogP) is 4.66. The Morgan fingerprint density at radius 1 is 1.32 bits per heavy atom. The minimum Gasteiger partial charge on any atom is -0.465 e. The minimum absolute atomic E-state index is 0.0403. The molecular weight excluding hydrogens is 476 g/mol. The quantitative estimate of drug-likeness (QED) is 0.555. The third-order valence-corrected chi connectivity index (χ3v) is 12.3. The van der Waals surface area contributed by atoms with Crippen LogP contribution in [0.1, 0.15) is 46.3 Å². The first-order valence-corrected chi connectivity index (χ1v) is 14.8. The average molecular weight is 507 g/mol. The Morgan fingerprint density at radius 3 is 2.65 bits per heavy atom. The first-order valence-electron chi connectivity index (χ1n) is 11.0. The molecule has 0 bridgehead atoms. The van der Waals surface area contributed by atoms with Gasteiger partial charge in [0.1, 0.15) is 30.7 Å². The number of carbonyl (C=O) groups is 1. The number of thiophene rings is 1. The molecule has 2 fully saturated rings. The lowest BCUT2D eigenvalue weighted by Crippen LogP contribution is -2.51. The number of amides is 1. The van der Waals surface area contributed by atoms with E-state index in [-0.39, 0.29) is 17.5 Å². The van der Waals surface area contributed by atoms with Crippen LogP contribution in [-0.2, 0) is 18.6 Å². The van der Waals surface area contributed by atoms with Gasteiger partial charge in [-0.15, -0.1) is 11.3 Å². The molecule has 0 radical (unpaired) electrons. The second kappa shape index (κ2) is 8.22. The van der Waals surface area contributed by atoms with Gasteiger partial charge >= 0.3 is 6.09 Å². The summed E-state index contributed by atoms with van der Waals surface area (Å²) in [6.07, 6.45) is -1.81. The first-order chi connectivity index (χ1) is 15.7. The summed E-state index contributed by atoms with van der Waals surface area (Å²) in [4.78, 5) is 19.6. The van der Waals surface area contributed by atoms with Gasteiger partial charge < -0.3 is 23.7 Å². The maximum absolute atomic E-state index is 11.2.